The molecule has 0 fully saturated rings. The molecule has 0 bridgehead atoms. The molecule has 9 nitrogen and oxygen atoms in total. The molecule has 3 amide bonds. The second-order valence-electron chi connectivity index (χ2n) is 15.4. The number of rotatable bonds is 12. The minimum absolute atomic E-state index is 0.00275. The smallest absolute Gasteiger partial charge is 0.410 e. The van der Waals surface area contributed by atoms with Gasteiger partial charge in [0, 0.05) is 80.4 Å². The largest absolute Gasteiger partial charge is 0.415 e. The molecular weight excluding hydrogens is 675 g/mol. The number of para-hydroxylation sites is 1. The van der Waals surface area contributed by atoms with Gasteiger partial charge in [-0.15, -0.1) is 0 Å². The number of hydrogen-bond acceptors (Lipinski definition) is 5. The number of carbonyl (C=O) groups is 3. The molecule has 0 spiro atoms. The van der Waals surface area contributed by atoms with Gasteiger partial charge in [-0.25, -0.2) is 4.79 Å². The van der Waals surface area contributed by atoms with Crippen LogP contribution >= 0.6 is 0 Å². The maximum absolute atomic E-state index is 14.9. The summed E-state index contributed by atoms with van der Waals surface area (Å²) in [4.78, 5) is 50.4. The van der Waals surface area contributed by atoms with Gasteiger partial charge in [0.2, 0.25) is 0 Å². The van der Waals surface area contributed by atoms with Crippen molar-refractivity contribution in [3.63, 3.8) is 0 Å². The van der Waals surface area contributed by atoms with Gasteiger partial charge >= 0.3 is 6.09 Å². The first kappa shape index (κ1) is 38.8. The van der Waals surface area contributed by atoms with Gasteiger partial charge in [-0.2, -0.15) is 0 Å². The van der Waals surface area contributed by atoms with Gasteiger partial charge in [0.1, 0.15) is 5.75 Å². The van der Waals surface area contributed by atoms with Crippen molar-refractivity contribution in [2.45, 2.75) is 91.9 Å². The molecular formula is C45H57N5O4. The minimum atomic E-state index is -0.401. The Labute approximate surface area is 321 Å². The molecule has 0 saturated heterocycles. The van der Waals surface area contributed by atoms with Gasteiger partial charge in [0.15, 0.2) is 0 Å². The summed E-state index contributed by atoms with van der Waals surface area (Å²) < 4.78 is 8.05. The average molecular weight is 732 g/mol. The standard InChI is InChI=1S/C45H57N5O4/c1-8-10-21-48(22-11-9-2)43(51)38-27-41(47(7)32(38)4)39-25-34-20-23-49(45(53)54-42-19-15-14-18-36(42)28-46(5)6)29-37(34)26-40(39)44(52)50-30-35-17-13-12-16-33(35)24-31(50)3/h12-19,25-27,31H,8-11,20-24,28-30H2,1-7H3/t31-/m1/s1. The fraction of sp³-hybridized carbons (Fsp3) is 0.444. The molecule has 286 valence electrons. The number of benzene rings is 3. The molecule has 3 heterocycles. The van der Waals surface area contributed by atoms with E-state index in [2.05, 4.69) is 49.6 Å². The molecule has 3 aromatic carbocycles. The summed E-state index contributed by atoms with van der Waals surface area (Å²) >= 11 is 0. The molecule has 6 rings (SSSR count). The summed E-state index contributed by atoms with van der Waals surface area (Å²) in [6.07, 6.45) is 4.97. The van der Waals surface area contributed by atoms with E-state index in [1.54, 1.807) is 4.90 Å². The van der Waals surface area contributed by atoms with Gasteiger partial charge in [-0.3, -0.25) is 9.59 Å². The number of carbonyl (C=O) groups excluding carboxylic acids is 3. The van der Waals surface area contributed by atoms with Gasteiger partial charge in [-0.05, 0) is 100 Å². The minimum Gasteiger partial charge on any atom is -0.410 e. The Morgan fingerprint density at radius 1 is 0.833 bits per heavy atom. The van der Waals surface area contributed by atoms with Crippen LogP contribution in [0.2, 0.25) is 0 Å². The Kier molecular flexibility index (Phi) is 12.3. The first-order valence-corrected chi connectivity index (χ1v) is 19.7. The first-order valence-electron chi connectivity index (χ1n) is 19.7. The summed E-state index contributed by atoms with van der Waals surface area (Å²) in [6, 6.07) is 22.1. The predicted molar refractivity (Wildman–Crippen MR) is 215 cm³/mol. The highest BCUT2D eigenvalue weighted by Crippen LogP contribution is 2.36. The van der Waals surface area contributed by atoms with E-state index in [0.29, 0.717) is 49.5 Å². The Balaban J connectivity index is 1.37. The highest BCUT2D eigenvalue weighted by molar-refractivity contribution is 6.03. The van der Waals surface area contributed by atoms with Crippen molar-refractivity contribution in [2.75, 3.05) is 33.7 Å². The van der Waals surface area contributed by atoms with Crippen molar-refractivity contribution < 1.29 is 19.1 Å². The van der Waals surface area contributed by atoms with Crippen LogP contribution in [-0.4, -0.2) is 81.8 Å². The van der Waals surface area contributed by atoms with Crippen LogP contribution in [0.15, 0.2) is 66.7 Å². The molecule has 54 heavy (non-hydrogen) atoms. The van der Waals surface area contributed by atoms with Crippen molar-refractivity contribution in [3.05, 3.63) is 111 Å². The molecule has 4 aromatic rings. The average Bonchev–Trinajstić information content (AvgIpc) is 3.46. The third kappa shape index (κ3) is 8.26. The first-order chi connectivity index (χ1) is 26.0. The molecule has 0 aliphatic carbocycles. The van der Waals surface area contributed by atoms with Crippen LogP contribution < -0.4 is 4.74 Å². The molecule has 1 atom stereocenters. The Morgan fingerprint density at radius 2 is 1.52 bits per heavy atom. The van der Waals surface area contributed by atoms with Crippen LogP contribution in [0.25, 0.3) is 11.3 Å². The quantitative estimate of drug-likeness (QED) is 0.147. The predicted octanol–water partition coefficient (Wildman–Crippen LogP) is 8.25. The number of fused-ring (bicyclic) bond motifs is 2. The van der Waals surface area contributed by atoms with Crippen LogP contribution in [0, 0.1) is 6.92 Å². The lowest BCUT2D eigenvalue weighted by atomic mass is 9.90. The second kappa shape index (κ2) is 17.1. The van der Waals surface area contributed by atoms with E-state index in [1.165, 1.54) is 5.56 Å². The number of aromatic nitrogens is 1. The lowest BCUT2D eigenvalue weighted by molar-refractivity contribution is 0.0658. The summed E-state index contributed by atoms with van der Waals surface area (Å²) in [5.41, 5.74) is 9.21. The third-order valence-corrected chi connectivity index (χ3v) is 11.2. The molecule has 9 heteroatoms. The Bertz CT molecular complexity index is 1990. The van der Waals surface area contributed by atoms with E-state index < -0.39 is 6.09 Å². The van der Waals surface area contributed by atoms with Crippen molar-refractivity contribution in [3.8, 4) is 17.0 Å². The van der Waals surface area contributed by atoms with Crippen molar-refractivity contribution in [1.82, 2.24) is 24.2 Å². The Hall–Kier alpha value is -4.89. The summed E-state index contributed by atoms with van der Waals surface area (Å²) in [6.45, 7) is 11.9. The highest BCUT2D eigenvalue weighted by Gasteiger charge is 2.33. The maximum Gasteiger partial charge on any atom is 0.415 e. The zero-order valence-corrected chi connectivity index (χ0v) is 33.3. The van der Waals surface area contributed by atoms with Gasteiger partial charge < -0.3 is 28.9 Å². The fourth-order valence-electron chi connectivity index (χ4n) is 7.85. The number of amides is 3. The molecule has 2 aliphatic heterocycles. The number of unbranched alkanes of at least 4 members (excludes halogenated alkanes) is 2. The van der Waals surface area contributed by atoms with Crippen LogP contribution in [0.3, 0.4) is 0 Å². The Morgan fingerprint density at radius 3 is 2.22 bits per heavy atom. The van der Waals surface area contributed by atoms with Crippen LogP contribution in [0.5, 0.6) is 5.75 Å². The second-order valence-corrected chi connectivity index (χ2v) is 15.4. The van der Waals surface area contributed by atoms with Crippen LogP contribution in [-0.2, 0) is 39.5 Å². The number of nitrogens with zero attached hydrogens (tertiary/aromatic N) is 5. The highest BCUT2D eigenvalue weighted by atomic mass is 16.6. The molecule has 0 unspecified atom stereocenters. The van der Waals surface area contributed by atoms with Gasteiger partial charge in [-0.1, -0.05) is 69.2 Å². The monoisotopic (exact) mass is 731 g/mol. The van der Waals surface area contributed by atoms with Crippen LogP contribution in [0.1, 0.15) is 101 Å². The van der Waals surface area contributed by atoms with E-state index >= 15 is 0 Å². The maximum atomic E-state index is 14.9. The number of hydrogen-bond donors (Lipinski definition) is 0. The van der Waals surface area contributed by atoms with E-state index in [9.17, 15) is 14.4 Å². The summed E-state index contributed by atoms with van der Waals surface area (Å²) in [5.74, 6) is 0.552. The SMILES string of the molecule is CCCCN(CCCC)C(=O)c1cc(-c2cc3c(cc2C(=O)N2Cc4ccccc4C[C@H]2C)CN(C(=O)Oc2ccccc2CN(C)C)CC3)n(C)c1C. The number of ether oxygens (including phenoxy) is 1. The molecule has 0 radical (unpaired) electrons. The lowest BCUT2D eigenvalue weighted by Gasteiger charge is -2.36. The van der Waals surface area contributed by atoms with Crippen molar-refractivity contribution in [1.29, 1.82) is 0 Å². The van der Waals surface area contributed by atoms with Gasteiger partial charge in [0.25, 0.3) is 11.8 Å². The van der Waals surface area contributed by atoms with Crippen molar-refractivity contribution >= 4 is 17.9 Å². The van der Waals surface area contributed by atoms with E-state index in [0.717, 1.165) is 84.4 Å². The van der Waals surface area contributed by atoms with Gasteiger partial charge in [0.05, 0.1) is 5.56 Å². The van der Waals surface area contributed by atoms with E-state index in [-0.39, 0.29) is 17.9 Å². The van der Waals surface area contributed by atoms with E-state index in [4.69, 9.17) is 4.74 Å². The molecule has 0 saturated carbocycles. The van der Waals surface area contributed by atoms with Crippen molar-refractivity contribution in [2.24, 2.45) is 7.05 Å². The molecule has 1 aromatic heterocycles. The molecule has 2 aliphatic rings. The zero-order chi connectivity index (χ0) is 38.5. The van der Waals surface area contributed by atoms with Crippen LogP contribution in [0.4, 0.5) is 4.79 Å². The molecule has 0 N–H and O–H groups in total. The van der Waals surface area contributed by atoms with E-state index in [1.807, 2.05) is 85.2 Å². The lowest BCUT2D eigenvalue weighted by Crippen LogP contribution is -2.43. The summed E-state index contributed by atoms with van der Waals surface area (Å²) in [7, 11) is 5.97. The normalized spacial score (nSPS) is 15.2. The zero-order valence-electron chi connectivity index (χ0n) is 33.3. The topological polar surface area (TPSA) is 78.3 Å². The fourth-order valence-corrected chi connectivity index (χ4v) is 7.85. The summed E-state index contributed by atoms with van der Waals surface area (Å²) in [5, 5.41) is 0. The third-order valence-electron chi connectivity index (χ3n) is 11.2.